The molecule has 2 aromatic rings. The summed E-state index contributed by atoms with van der Waals surface area (Å²) in [6.07, 6.45) is 2.70. The summed E-state index contributed by atoms with van der Waals surface area (Å²) in [5.74, 6) is 0. The van der Waals surface area contributed by atoms with Gasteiger partial charge in [-0.1, -0.05) is 6.92 Å². The molecule has 2 aromatic heterocycles. The number of nitrogens with two attached hydrogens (primary N) is 1. The third-order valence-corrected chi connectivity index (χ3v) is 3.86. The maximum atomic E-state index is 5.68. The van der Waals surface area contributed by atoms with Crippen LogP contribution in [-0.2, 0) is 13.0 Å². The summed E-state index contributed by atoms with van der Waals surface area (Å²) in [5.41, 5.74) is 7.68. The minimum absolute atomic E-state index is 0.553. The standard InChI is InChI=1S/C11H12BrN3S/c1-2-8-10(5-13)16-11(15-8)9-4-3-7(12)6-14-9/h3-4,6H,2,5,13H2,1H3. The first kappa shape index (κ1) is 11.7. The van der Waals surface area contributed by atoms with E-state index in [-0.39, 0.29) is 0 Å². The number of aromatic nitrogens is 2. The van der Waals surface area contributed by atoms with Crippen molar-refractivity contribution in [2.45, 2.75) is 19.9 Å². The van der Waals surface area contributed by atoms with E-state index in [9.17, 15) is 0 Å². The molecule has 0 radical (unpaired) electrons. The van der Waals surface area contributed by atoms with Gasteiger partial charge in [0.25, 0.3) is 0 Å². The fourth-order valence-electron chi connectivity index (χ4n) is 1.43. The Kier molecular flexibility index (Phi) is 3.68. The molecule has 0 fully saturated rings. The third kappa shape index (κ3) is 2.31. The lowest BCUT2D eigenvalue weighted by molar-refractivity contribution is 0.988. The fraction of sp³-hybridized carbons (Fsp3) is 0.273. The van der Waals surface area contributed by atoms with E-state index in [1.807, 2.05) is 12.1 Å². The van der Waals surface area contributed by atoms with Crippen molar-refractivity contribution in [3.63, 3.8) is 0 Å². The van der Waals surface area contributed by atoms with Crippen LogP contribution in [0.15, 0.2) is 22.8 Å². The number of hydrogen-bond acceptors (Lipinski definition) is 4. The molecule has 0 atom stereocenters. The van der Waals surface area contributed by atoms with Gasteiger partial charge in [0, 0.05) is 22.1 Å². The summed E-state index contributed by atoms with van der Waals surface area (Å²) in [5, 5.41) is 0.949. The number of rotatable bonds is 3. The van der Waals surface area contributed by atoms with E-state index >= 15 is 0 Å². The van der Waals surface area contributed by atoms with Gasteiger partial charge in [-0.3, -0.25) is 4.98 Å². The molecule has 0 aromatic carbocycles. The average molecular weight is 298 g/mol. The summed E-state index contributed by atoms with van der Waals surface area (Å²) in [6, 6.07) is 3.93. The second kappa shape index (κ2) is 5.03. The topological polar surface area (TPSA) is 51.8 Å². The van der Waals surface area contributed by atoms with Gasteiger partial charge >= 0.3 is 0 Å². The number of pyridine rings is 1. The van der Waals surface area contributed by atoms with Crippen LogP contribution in [0.1, 0.15) is 17.5 Å². The van der Waals surface area contributed by atoms with Crippen molar-refractivity contribution in [2.75, 3.05) is 0 Å². The highest BCUT2D eigenvalue weighted by Crippen LogP contribution is 2.27. The molecule has 2 rings (SSSR count). The maximum absolute atomic E-state index is 5.68. The van der Waals surface area contributed by atoms with Gasteiger partial charge in [-0.2, -0.15) is 0 Å². The molecule has 0 aliphatic carbocycles. The van der Waals surface area contributed by atoms with Crippen LogP contribution in [0.3, 0.4) is 0 Å². The number of halogens is 1. The van der Waals surface area contributed by atoms with Crippen LogP contribution in [-0.4, -0.2) is 9.97 Å². The highest BCUT2D eigenvalue weighted by molar-refractivity contribution is 9.10. The van der Waals surface area contributed by atoms with Gasteiger partial charge in [0.1, 0.15) is 5.01 Å². The predicted molar refractivity (Wildman–Crippen MR) is 70.3 cm³/mol. The van der Waals surface area contributed by atoms with Crippen LogP contribution in [0.2, 0.25) is 0 Å². The van der Waals surface area contributed by atoms with Gasteiger partial charge in [0.2, 0.25) is 0 Å². The first-order chi connectivity index (χ1) is 7.74. The zero-order chi connectivity index (χ0) is 11.5. The molecule has 0 saturated carbocycles. The lowest BCUT2D eigenvalue weighted by Crippen LogP contribution is -1.96. The van der Waals surface area contributed by atoms with Gasteiger partial charge in [-0.25, -0.2) is 4.98 Å². The van der Waals surface area contributed by atoms with Crippen molar-refractivity contribution in [3.05, 3.63) is 33.4 Å². The fourth-order valence-corrected chi connectivity index (χ4v) is 2.67. The maximum Gasteiger partial charge on any atom is 0.142 e. The van der Waals surface area contributed by atoms with Crippen molar-refractivity contribution in [1.29, 1.82) is 0 Å². The third-order valence-electron chi connectivity index (χ3n) is 2.25. The predicted octanol–water partition coefficient (Wildman–Crippen LogP) is 2.99. The quantitative estimate of drug-likeness (QED) is 0.947. The molecule has 84 valence electrons. The molecule has 0 unspecified atom stereocenters. The highest BCUT2D eigenvalue weighted by atomic mass is 79.9. The number of nitrogens with zero attached hydrogens (tertiary/aromatic N) is 2. The Labute approximate surface area is 107 Å². The van der Waals surface area contributed by atoms with Crippen LogP contribution in [0, 0.1) is 0 Å². The van der Waals surface area contributed by atoms with Crippen LogP contribution in [0.5, 0.6) is 0 Å². The van der Waals surface area contributed by atoms with E-state index in [1.165, 1.54) is 0 Å². The smallest absolute Gasteiger partial charge is 0.142 e. The Morgan fingerprint density at radius 3 is 2.75 bits per heavy atom. The molecule has 0 aliphatic rings. The van der Waals surface area contributed by atoms with E-state index in [2.05, 4.69) is 32.8 Å². The van der Waals surface area contributed by atoms with Crippen molar-refractivity contribution in [3.8, 4) is 10.7 Å². The van der Waals surface area contributed by atoms with E-state index < -0.39 is 0 Å². The molecule has 2 heterocycles. The van der Waals surface area contributed by atoms with Gasteiger partial charge < -0.3 is 5.73 Å². The Bertz CT molecular complexity index is 457. The largest absolute Gasteiger partial charge is 0.326 e. The Balaban J connectivity index is 2.40. The van der Waals surface area contributed by atoms with Crippen LogP contribution >= 0.6 is 27.3 Å². The van der Waals surface area contributed by atoms with Gasteiger partial charge in [0.15, 0.2) is 0 Å². The van der Waals surface area contributed by atoms with E-state index in [0.717, 1.165) is 32.2 Å². The zero-order valence-electron chi connectivity index (χ0n) is 8.90. The molecular formula is C11H12BrN3S. The van der Waals surface area contributed by atoms with Gasteiger partial charge in [-0.05, 0) is 34.5 Å². The van der Waals surface area contributed by atoms with Crippen LogP contribution in [0.4, 0.5) is 0 Å². The Morgan fingerprint density at radius 1 is 1.44 bits per heavy atom. The Hall–Kier alpha value is -0.780. The van der Waals surface area contributed by atoms with Crippen molar-refractivity contribution in [2.24, 2.45) is 5.73 Å². The zero-order valence-corrected chi connectivity index (χ0v) is 11.3. The molecule has 0 amide bonds. The van der Waals surface area contributed by atoms with E-state index in [4.69, 9.17) is 5.73 Å². The van der Waals surface area contributed by atoms with Crippen LogP contribution in [0.25, 0.3) is 10.7 Å². The first-order valence-corrected chi connectivity index (χ1v) is 6.66. The SMILES string of the molecule is CCc1nc(-c2ccc(Br)cn2)sc1CN. The average Bonchev–Trinajstić information content (AvgIpc) is 2.73. The lowest BCUT2D eigenvalue weighted by atomic mass is 10.3. The van der Waals surface area contributed by atoms with E-state index in [0.29, 0.717) is 6.54 Å². The molecule has 0 saturated heterocycles. The minimum Gasteiger partial charge on any atom is -0.326 e. The molecule has 16 heavy (non-hydrogen) atoms. The first-order valence-electron chi connectivity index (χ1n) is 5.05. The highest BCUT2D eigenvalue weighted by Gasteiger charge is 2.10. The molecular weight excluding hydrogens is 286 g/mol. The monoisotopic (exact) mass is 297 g/mol. The molecule has 5 heteroatoms. The minimum atomic E-state index is 0.553. The second-order valence-corrected chi connectivity index (χ2v) is 5.31. The Morgan fingerprint density at radius 2 is 2.25 bits per heavy atom. The molecule has 0 spiro atoms. The van der Waals surface area contributed by atoms with Crippen molar-refractivity contribution >= 4 is 27.3 Å². The molecule has 0 aliphatic heterocycles. The lowest BCUT2D eigenvalue weighted by Gasteiger charge is -1.94. The van der Waals surface area contributed by atoms with Crippen molar-refractivity contribution in [1.82, 2.24) is 9.97 Å². The molecule has 0 bridgehead atoms. The molecule has 3 nitrogen and oxygen atoms in total. The van der Waals surface area contributed by atoms with Crippen molar-refractivity contribution < 1.29 is 0 Å². The van der Waals surface area contributed by atoms with Crippen LogP contribution < -0.4 is 5.73 Å². The number of hydrogen-bond donors (Lipinski definition) is 1. The van der Waals surface area contributed by atoms with Gasteiger partial charge in [-0.15, -0.1) is 11.3 Å². The van der Waals surface area contributed by atoms with Gasteiger partial charge in [0.05, 0.1) is 11.4 Å². The summed E-state index contributed by atoms with van der Waals surface area (Å²) in [4.78, 5) is 10.0. The summed E-state index contributed by atoms with van der Waals surface area (Å²) in [7, 11) is 0. The van der Waals surface area contributed by atoms with E-state index in [1.54, 1.807) is 17.5 Å². The summed E-state index contributed by atoms with van der Waals surface area (Å²) < 4.78 is 0.975. The molecule has 2 N–H and O–H groups in total. The second-order valence-electron chi connectivity index (χ2n) is 3.31. The number of thiazole rings is 1. The summed E-state index contributed by atoms with van der Waals surface area (Å²) >= 11 is 4.99. The normalized spacial score (nSPS) is 10.7. The number of aryl methyl sites for hydroxylation is 1. The summed E-state index contributed by atoms with van der Waals surface area (Å²) in [6.45, 7) is 2.64.